The molecule has 28 heavy (non-hydrogen) atoms. The number of hydrogen-bond donors (Lipinski definition) is 1. The third-order valence-electron chi connectivity index (χ3n) is 4.98. The maximum absolute atomic E-state index is 12.7. The van der Waals surface area contributed by atoms with Gasteiger partial charge in [0.2, 0.25) is 5.91 Å². The van der Waals surface area contributed by atoms with Crippen LogP contribution in [0, 0.1) is 12.8 Å². The van der Waals surface area contributed by atoms with Crippen molar-refractivity contribution in [2.75, 3.05) is 25.5 Å². The lowest BCUT2D eigenvalue weighted by Crippen LogP contribution is -2.41. The van der Waals surface area contributed by atoms with Crippen LogP contribution in [0.25, 0.3) is 0 Å². The lowest BCUT2D eigenvalue weighted by atomic mass is 9.95. The number of carbonyl (C=O) groups is 2. The first-order valence-electron chi connectivity index (χ1n) is 9.09. The van der Waals surface area contributed by atoms with Crippen molar-refractivity contribution in [2.24, 2.45) is 5.92 Å². The summed E-state index contributed by atoms with van der Waals surface area (Å²) in [5.41, 5.74) is 2.07. The molecule has 0 spiro atoms. The highest BCUT2D eigenvalue weighted by Crippen LogP contribution is 2.32. The SMILES string of the molecule is COc1cc(Cl)c(C)cc1NC(=O)C1CCN(C(=O)c2ccc(Cl)cc2)CC1. The van der Waals surface area contributed by atoms with Crippen molar-refractivity contribution in [3.63, 3.8) is 0 Å². The molecule has 1 saturated heterocycles. The molecule has 1 aliphatic heterocycles. The quantitative estimate of drug-likeness (QED) is 0.772. The number of aryl methyl sites for hydroxylation is 1. The van der Waals surface area contributed by atoms with Crippen LogP contribution in [0.4, 0.5) is 5.69 Å². The number of ether oxygens (including phenoxy) is 1. The molecular formula is C21H22Cl2N2O3. The van der Waals surface area contributed by atoms with Crippen molar-refractivity contribution in [3.05, 3.63) is 57.6 Å². The fourth-order valence-electron chi connectivity index (χ4n) is 3.28. The van der Waals surface area contributed by atoms with Gasteiger partial charge in [0.25, 0.3) is 5.91 Å². The zero-order valence-electron chi connectivity index (χ0n) is 15.8. The second kappa shape index (κ2) is 8.84. The Hall–Kier alpha value is -2.24. The van der Waals surface area contributed by atoms with Crippen LogP contribution < -0.4 is 10.1 Å². The fourth-order valence-corrected chi connectivity index (χ4v) is 3.56. The molecule has 148 valence electrons. The second-order valence-corrected chi connectivity index (χ2v) is 7.71. The van der Waals surface area contributed by atoms with Gasteiger partial charge in [0, 0.05) is 40.7 Å². The number of rotatable bonds is 4. The molecule has 0 bridgehead atoms. The number of halogens is 2. The number of methoxy groups -OCH3 is 1. The Bertz CT molecular complexity index is 876. The molecule has 1 aliphatic rings. The highest BCUT2D eigenvalue weighted by atomic mass is 35.5. The normalized spacial score (nSPS) is 14.6. The highest BCUT2D eigenvalue weighted by molar-refractivity contribution is 6.31. The standard InChI is InChI=1S/C21H22Cl2N2O3/c1-13-11-18(19(28-2)12-17(13)23)24-20(26)14-7-9-25(10-8-14)21(27)15-3-5-16(22)6-4-15/h3-6,11-12,14H,7-10H2,1-2H3,(H,24,26). The summed E-state index contributed by atoms with van der Waals surface area (Å²) in [6.07, 6.45) is 1.22. The van der Waals surface area contributed by atoms with Gasteiger partial charge in [-0.25, -0.2) is 0 Å². The molecule has 0 aromatic heterocycles. The number of carbonyl (C=O) groups excluding carboxylic acids is 2. The number of anilines is 1. The maximum Gasteiger partial charge on any atom is 0.253 e. The van der Waals surface area contributed by atoms with Crippen LogP contribution in [-0.4, -0.2) is 36.9 Å². The molecule has 2 amide bonds. The van der Waals surface area contributed by atoms with Crippen molar-refractivity contribution < 1.29 is 14.3 Å². The van der Waals surface area contributed by atoms with Crippen LogP contribution in [0.5, 0.6) is 5.75 Å². The number of likely N-dealkylation sites (tertiary alicyclic amines) is 1. The van der Waals surface area contributed by atoms with E-state index in [1.165, 1.54) is 7.11 Å². The Morgan fingerprint density at radius 1 is 1.11 bits per heavy atom. The van der Waals surface area contributed by atoms with Crippen molar-refractivity contribution in [1.29, 1.82) is 0 Å². The van der Waals surface area contributed by atoms with Gasteiger partial charge in [0.05, 0.1) is 12.8 Å². The summed E-state index contributed by atoms with van der Waals surface area (Å²) in [6.45, 7) is 2.95. The summed E-state index contributed by atoms with van der Waals surface area (Å²) in [7, 11) is 1.54. The number of benzene rings is 2. The Labute approximate surface area is 174 Å². The molecule has 5 nitrogen and oxygen atoms in total. The molecule has 1 N–H and O–H groups in total. The average molecular weight is 421 g/mol. The second-order valence-electron chi connectivity index (χ2n) is 6.86. The number of hydrogen-bond acceptors (Lipinski definition) is 3. The van der Waals surface area contributed by atoms with E-state index in [9.17, 15) is 9.59 Å². The third-order valence-corrected chi connectivity index (χ3v) is 5.64. The summed E-state index contributed by atoms with van der Waals surface area (Å²) in [5, 5.41) is 4.12. The maximum atomic E-state index is 12.7. The predicted molar refractivity (Wildman–Crippen MR) is 111 cm³/mol. The van der Waals surface area contributed by atoms with Crippen LogP contribution >= 0.6 is 23.2 Å². The minimum absolute atomic E-state index is 0.0366. The van der Waals surface area contributed by atoms with Crippen molar-refractivity contribution in [2.45, 2.75) is 19.8 Å². The van der Waals surface area contributed by atoms with E-state index in [0.717, 1.165) is 5.56 Å². The molecule has 1 fully saturated rings. The largest absolute Gasteiger partial charge is 0.495 e. The van der Waals surface area contributed by atoms with Crippen LogP contribution in [0.3, 0.4) is 0 Å². The topological polar surface area (TPSA) is 58.6 Å². The van der Waals surface area contributed by atoms with Crippen LogP contribution in [-0.2, 0) is 4.79 Å². The molecule has 0 radical (unpaired) electrons. The molecule has 0 atom stereocenters. The monoisotopic (exact) mass is 420 g/mol. The van der Waals surface area contributed by atoms with Gasteiger partial charge in [-0.05, 0) is 55.7 Å². The molecule has 3 rings (SSSR count). The fraction of sp³-hybridized carbons (Fsp3) is 0.333. The number of nitrogens with one attached hydrogen (secondary N) is 1. The summed E-state index contributed by atoms with van der Waals surface area (Å²) in [6, 6.07) is 10.3. The van der Waals surface area contributed by atoms with Gasteiger partial charge < -0.3 is 15.0 Å². The molecule has 0 aliphatic carbocycles. The minimum Gasteiger partial charge on any atom is -0.495 e. The van der Waals surface area contributed by atoms with E-state index in [2.05, 4.69) is 5.32 Å². The smallest absolute Gasteiger partial charge is 0.253 e. The van der Waals surface area contributed by atoms with Crippen LogP contribution in [0.1, 0.15) is 28.8 Å². The van der Waals surface area contributed by atoms with Crippen molar-refractivity contribution in [3.8, 4) is 5.75 Å². The molecule has 0 unspecified atom stereocenters. The number of amides is 2. The van der Waals surface area contributed by atoms with Gasteiger partial charge in [0.15, 0.2) is 0 Å². The van der Waals surface area contributed by atoms with E-state index >= 15 is 0 Å². The first kappa shape index (κ1) is 20.5. The van der Waals surface area contributed by atoms with Crippen LogP contribution in [0.15, 0.2) is 36.4 Å². The van der Waals surface area contributed by atoms with Crippen molar-refractivity contribution in [1.82, 2.24) is 4.90 Å². The van der Waals surface area contributed by atoms with E-state index in [0.29, 0.717) is 53.0 Å². The number of piperidine rings is 1. The molecule has 2 aromatic carbocycles. The molecule has 1 heterocycles. The summed E-state index contributed by atoms with van der Waals surface area (Å²) in [4.78, 5) is 27.1. The Morgan fingerprint density at radius 2 is 1.75 bits per heavy atom. The number of nitrogens with zero attached hydrogens (tertiary/aromatic N) is 1. The van der Waals surface area contributed by atoms with Gasteiger partial charge in [-0.2, -0.15) is 0 Å². The Balaban J connectivity index is 1.60. The lowest BCUT2D eigenvalue weighted by Gasteiger charge is -2.31. The zero-order chi connectivity index (χ0) is 20.3. The third kappa shape index (κ3) is 4.59. The van der Waals surface area contributed by atoms with E-state index in [1.807, 2.05) is 6.92 Å². The van der Waals surface area contributed by atoms with E-state index in [4.69, 9.17) is 27.9 Å². The van der Waals surface area contributed by atoms with Crippen molar-refractivity contribution >= 4 is 40.7 Å². The highest BCUT2D eigenvalue weighted by Gasteiger charge is 2.28. The van der Waals surface area contributed by atoms with Gasteiger partial charge in [-0.3, -0.25) is 9.59 Å². The molecule has 7 heteroatoms. The van der Waals surface area contributed by atoms with E-state index in [-0.39, 0.29) is 17.7 Å². The van der Waals surface area contributed by atoms with Gasteiger partial charge in [0.1, 0.15) is 5.75 Å². The summed E-state index contributed by atoms with van der Waals surface area (Å²) >= 11 is 12.0. The first-order valence-corrected chi connectivity index (χ1v) is 9.84. The van der Waals surface area contributed by atoms with Gasteiger partial charge >= 0.3 is 0 Å². The van der Waals surface area contributed by atoms with Crippen LogP contribution in [0.2, 0.25) is 10.0 Å². The minimum atomic E-state index is -0.157. The van der Waals surface area contributed by atoms with Gasteiger partial charge in [-0.15, -0.1) is 0 Å². The molecule has 0 saturated carbocycles. The van der Waals surface area contributed by atoms with E-state index < -0.39 is 0 Å². The first-order chi connectivity index (χ1) is 13.4. The molecule has 2 aromatic rings. The Kier molecular flexibility index (Phi) is 6.47. The zero-order valence-corrected chi connectivity index (χ0v) is 17.3. The predicted octanol–water partition coefficient (Wildman–Crippen LogP) is 4.80. The Morgan fingerprint density at radius 3 is 2.36 bits per heavy atom. The molecular weight excluding hydrogens is 399 g/mol. The summed E-state index contributed by atoms with van der Waals surface area (Å²) in [5.74, 6) is 0.262. The average Bonchev–Trinajstić information content (AvgIpc) is 2.70. The van der Waals surface area contributed by atoms with E-state index in [1.54, 1.807) is 41.3 Å². The lowest BCUT2D eigenvalue weighted by molar-refractivity contribution is -0.121. The summed E-state index contributed by atoms with van der Waals surface area (Å²) < 4.78 is 5.31. The van der Waals surface area contributed by atoms with Gasteiger partial charge in [-0.1, -0.05) is 23.2 Å².